The van der Waals surface area contributed by atoms with Gasteiger partial charge in [-0.3, -0.25) is 4.79 Å². The molecule has 94 valence electrons. The van der Waals surface area contributed by atoms with E-state index in [9.17, 15) is 4.79 Å². The Labute approximate surface area is 104 Å². The molecule has 0 atom stereocenters. The number of furan rings is 1. The lowest BCUT2D eigenvalue weighted by molar-refractivity contribution is 0.109. The number of hydrogen-bond acceptors (Lipinski definition) is 5. The summed E-state index contributed by atoms with van der Waals surface area (Å²) in [6.45, 7) is -0.0767. The van der Waals surface area contributed by atoms with Gasteiger partial charge in [0.15, 0.2) is 23.5 Å². The largest absolute Gasteiger partial charge is 0.493 e. The molecule has 1 aromatic carbocycles. The average Bonchev–Trinajstić information content (AvgIpc) is 2.87. The van der Waals surface area contributed by atoms with Crippen LogP contribution in [0.3, 0.4) is 0 Å². The average molecular weight is 248 g/mol. The highest BCUT2D eigenvalue weighted by molar-refractivity contribution is 5.70. The lowest BCUT2D eigenvalue weighted by atomic mass is 10.2. The molecular weight excluding hydrogens is 236 g/mol. The molecule has 0 spiro atoms. The molecule has 0 aliphatic rings. The number of aliphatic hydroxyl groups is 1. The molecule has 0 radical (unpaired) electrons. The SMILES string of the molecule is COc1cc(CO)ccc1Oc1ccc(C=O)o1. The van der Waals surface area contributed by atoms with Crippen LogP contribution in [0.2, 0.25) is 0 Å². The molecule has 1 aromatic heterocycles. The van der Waals surface area contributed by atoms with Crippen LogP contribution in [0.5, 0.6) is 17.4 Å². The number of benzene rings is 1. The number of methoxy groups -OCH3 is 1. The number of aldehydes is 1. The Balaban J connectivity index is 2.25. The second-order valence-electron chi connectivity index (χ2n) is 3.52. The Bertz CT molecular complexity index is 544. The van der Waals surface area contributed by atoms with Gasteiger partial charge in [-0.25, -0.2) is 0 Å². The number of ether oxygens (including phenoxy) is 2. The van der Waals surface area contributed by atoms with E-state index in [1.807, 2.05) is 0 Å². The first-order chi connectivity index (χ1) is 8.76. The molecule has 0 unspecified atom stereocenters. The molecule has 0 saturated heterocycles. The van der Waals surface area contributed by atoms with E-state index in [-0.39, 0.29) is 18.3 Å². The van der Waals surface area contributed by atoms with Crippen molar-refractivity contribution in [2.75, 3.05) is 7.11 Å². The van der Waals surface area contributed by atoms with Crippen LogP contribution in [-0.2, 0) is 6.61 Å². The highest BCUT2D eigenvalue weighted by atomic mass is 16.6. The minimum atomic E-state index is -0.0767. The molecule has 0 bridgehead atoms. The molecule has 5 heteroatoms. The number of carbonyl (C=O) groups is 1. The van der Waals surface area contributed by atoms with E-state index in [1.54, 1.807) is 24.3 Å². The van der Waals surface area contributed by atoms with Crippen LogP contribution >= 0.6 is 0 Å². The van der Waals surface area contributed by atoms with Crippen molar-refractivity contribution in [1.82, 2.24) is 0 Å². The molecule has 1 N–H and O–H groups in total. The predicted octanol–water partition coefficient (Wildman–Crippen LogP) is 2.39. The van der Waals surface area contributed by atoms with Crippen molar-refractivity contribution in [3.63, 3.8) is 0 Å². The van der Waals surface area contributed by atoms with Crippen molar-refractivity contribution in [3.8, 4) is 17.4 Å². The van der Waals surface area contributed by atoms with Gasteiger partial charge < -0.3 is 19.0 Å². The summed E-state index contributed by atoms with van der Waals surface area (Å²) in [4.78, 5) is 10.5. The van der Waals surface area contributed by atoms with Gasteiger partial charge in [-0.2, -0.15) is 0 Å². The first kappa shape index (κ1) is 12.2. The normalized spacial score (nSPS) is 10.1. The number of rotatable bonds is 5. The number of aliphatic hydroxyl groups excluding tert-OH is 1. The second kappa shape index (κ2) is 5.37. The van der Waals surface area contributed by atoms with Crippen LogP contribution in [0.1, 0.15) is 16.1 Å². The van der Waals surface area contributed by atoms with Crippen molar-refractivity contribution in [2.24, 2.45) is 0 Å². The Kier molecular flexibility index (Phi) is 3.64. The predicted molar refractivity (Wildman–Crippen MR) is 63.1 cm³/mol. The molecule has 0 amide bonds. The minimum Gasteiger partial charge on any atom is -0.493 e. The smallest absolute Gasteiger partial charge is 0.290 e. The summed E-state index contributed by atoms with van der Waals surface area (Å²) in [6, 6.07) is 8.09. The lowest BCUT2D eigenvalue weighted by Gasteiger charge is -2.09. The summed E-state index contributed by atoms with van der Waals surface area (Å²) in [5, 5.41) is 9.02. The molecule has 1 heterocycles. The zero-order chi connectivity index (χ0) is 13.0. The first-order valence-electron chi connectivity index (χ1n) is 5.27. The summed E-state index contributed by atoms with van der Waals surface area (Å²) in [6.07, 6.45) is 0.596. The van der Waals surface area contributed by atoms with Crippen molar-refractivity contribution >= 4 is 6.29 Å². The van der Waals surface area contributed by atoms with Gasteiger partial charge in [-0.05, 0) is 23.8 Å². The van der Waals surface area contributed by atoms with Crippen LogP contribution in [0, 0.1) is 0 Å². The summed E-state index contributed by atoms with van der Waals surface area (Å²) < 4.78 is 15.7. The van der Waals surface area contributed by atoms with Gasteiger partial charge in [0.2, 0.25) is 0 Å². The molecule has 0 saturated carbocycles. The van der Waals surface area contributed by atoms with Crippen LogP contribution in [0.15, 0.2) is 34.7 Å². The molecule has 0 aliphatic carbocycles. The fourth-order valence-corrected chi connectivity index (χ4v) is 1.46. The maximum atomic E-state index is 10.5. The van der Waals surface area contributed by atoms with Crippen LogP contribution in [-0.4, -0.2) is 18.5 Å². The molecule has 2 rings (SSSR count). The fourth-order valence-electron chi connectivity index (χ4n) is 1.46. The standard InChI is InChI=1S/C13H12O5/c1-16-12-6-9(7-14)2-4-11(12)18-13-5-3-10(8-15)17-13/h2-6,8,14H,7H2,1H3. The quantitative estimate of drug-likeness (QED) is 0.823. The first-order valence-corrected chi connectivity index (χ1v) is 5.27. The fraction of sp³-hybridized carbons (Fsp3) is 0.154. The maximum Gasteiger partial charge on any atom is 0.290 e. The van der Waals surface area contributed by atoms with Crippen molar-refractivity contribution in [3.05, 3.63) is 41.7 Å². The van der Waals surface area contributed by atoms with Gasteiger partial charge in [0.25, 0.3) is 5.95 Å². The molecule has 0 aliphatic heterocycles. The van der Waals surface area contributed by atoms with E-state index >= 15 is 0 Å². The topological polar surface area (TPSA) is 68.9 Å². The zero-order valence-electron chi connectivity index (χ0n) is 9.75. The van der Waals surface area contributed by atoms with Gasteiger partial charge in [0, 0.05) is 6.07 Å². The Morgan fingerprint density at radius 3 is 2.72 bits per heavy atom. The Hall–Kier alpha value is -2.27. The third kappa shape index (κ3) is 2.52. The van der Waals surface area contributed by atoms with E-state index in [0.717, 1.165) is 0 Å². The second-order valence-corrected chi connectivity index (χ2v) is 3.52. The van der Waals surface area contributed by atoms with Crippen LogP contribution in [0.4, 0.5) is 0 Å². The van der Waals surface area contributed by atoms with E-state index in [1.165, 1.54) is 13.2 Å². The Morgan fingerprint density at radius 2 is 2.11 bits per heavy atom. The highest BCUT2D eigenvalue weighted by Crippen LogP contribution is 2.32. The van der Waals surface area contributed by atoms with Crippen molar-refractivity contribution in [1.29, 1.82) is 0 Å². The van der Waals surface area contributed by atoms with Gasteiger partial charge >= 0.3 is 0 Å². The number of carbonyl (C=O) groups excluding carboxylic acids is 1. The summed E-state index contributed by atoms with van der Waals surface area (Å²) in [7, 11) is 1.50. The van der Waals surface area contributed by atoms with Gasteiger partial charge in [-0.1, -0.05) is 6.07 Å². The lowest BCUT2D eigenvalue weighted by Crippen LogP contribution is -1.92. The summed E-state index contributed by atoms with van der Waals surface area (Å²) in [5.41, 5.74) is 0.715. The third-order valence-corrected chi connectivity index (χ3v) is 2.34. The van der Waals surface area contributed by atoms with E-state index in [2.05, 4.69) is 0 Å². The van der Waals surface area contributed by atoms with E-state index in [4.69, 9.17) is 19.0 Å². The molecule has 2 aromatic rings. The van der Waals surface area contributed by atoms with E-state index in [0.29, 0.717) is 23.3 Å². The molecular formula is C13H12O5. The summed E-state index contributed by atoms with van der Waals surface area (Å²) >= 11 is 0. The van der Waals surface area contributed by atoms with Gasteiger partial charge in [-0.15, -0.1) is 0 Å². The highest BCUT2D eigenvalue weighted by Gasteiger charge is 2.09. The van der Waals surface area contributed by atoms with Gasteiger partial charge in [0.1, 0.15) is 0 Å². The number of hydrogen-bond donors (Lipinski definition) is 1. The van der Waals surface area contributed by atoms with Crippen molar-refractivity contribution < 1.29 is 23.8 Å². The minimum absolute atomic E-state index is 0.0767. The third-order valence-electron chi connectivity index (χ3n) is 2.34. The van der Waals surface area contributed by atoms with Crippen LogP contribution < -0.4 is 9.47 Å². The van der Waals surface area contributed by atoms with Crippen molar-refractivity contribution in [2.45, 2.75) is 6.61 Å². The molecule has 18 heavy (non-hydrogen) atoms. The maximum absolute atomic E-state index is 10.5. The van der Waals surface area contributed by atoms with Crippen LogP contribution in [0.25, 0.3) is 0 Å². The monoisotopic (exact) mass is 248 g/mol. The van der Waals surface area contributed by atoms with Gasteiger partial charge in [0.05, 0.1) is 13.7 Å². The molecule has 5 nitrogen and oxygen atoms in total. The zero-order valence-corrected chi connectivity index (χ0v) is 9.75. The Morgan fingerprint density at radius 1 is 1.28 bits per heavy atom. The van der Waals surface area contributed by atoms with E-state index < -0.39 is 0 Å². The molecule has 0 fully saturated rings. The summed E-state index contributed by atoms with van der Waals surface area (Å²) in [5.74, 6) is 1.31.